The van der Waals surface area contributed by atoms with Crippen molar-refractivity contribution >= 4 is 17.8 Å². The number of allylic oxidation sites excluding steroid dienone is 1. The number of carbonyl (C=O) groups excluding carboxylic acids is 1. The number of carbonyl (C=O) groups is 3. The minimum atomic E-state index is -5.08. The van der Waals surface area contributed by atoms with Crippen LogP contribution in [0.3, 0.4) is 0 Å². The Morgan fingerprint density at radius 3 is 2.11 bits per heavy atom. The Hall–Kier alpha value is -2.10. The van der Waals surface area contributed by atoms with E-state index in [1.165, 1.54) is 6.92 Å². The van der Waals surface area contributed by atoms with Crippen LogP contribution in [0.25, 0.3) is 0 Å². The lowest BCUT2D eigenvalue weighted by Crippen LogP contribution is -2.51. The maximum absolute atomic E-state index is 11.4. The van der Waals surface area contributed by atoms with Gasteiger partial charge < -0.3 is 15.5 Å². The average molecular weight is 396 g/mol. The predicted molar refractivity (Wildman–Crippen MR) is 92.0 cm³/mol. The summed E-state index contributed by atoms with van der Waals surface area (Å²) in [5, 5.41) is 22.5. The molecule has 0 radical (unpaired) electrons. The van der Waals surface area contributed by atoms with E-state index in [1.54, 1.807) is 0 Å². The van der Waals surface area contributed by atoms with Crippen molar-refractivity contribution in [2.45, 2.75) is 64.8 Å². The number of carboxylic acids is 2. The second-order valence-electron chi connectivity index (χ2n) is 6.75. The Kier molecular flexibility index (Phi) is 10.1. The lowest BCUT2D eigenvalue weighted by Gasteiger charge is -2.29. The zero-order valence-corrected chi connectivity index (χ0v) is 15.7. The molecule has 27 heavy (non-hydrogen) atoms. The van der Waals surface area contributed by atoms with Crippen molar-refractivity contribution in [3.8, 4) is 0 Å². The van der Waals surface area contributed by atoms with E-state index < -0.39 is 24.2 Å². The third-order valence-electron chi connectivity index (χ3n) is 3.89. The van der Waals surface area contributed by atoms with Crippen LogP contribution in [-0.2, 0) is 14.4 Å². The van der Waals surface area contributed by atoms with Gasteiger partial charge in [-0.2, -0.15) is 13.2 Å². The van der Waals surface area contributed by atoms with E-state index in [2.05, 4.69) is 24.5 Å². The number of alkyl halides is 3. The molecule has 156 valence electrons. The molecule has 4 atom stereocenters. The lowest BCUT2D eigenvalue weighted by atomic mass is 9.88. The molecule has 7 nitrogen and oxygen atoms in total. The van der Waals surface area contributed by atoms with Gasteiger partial charge >= 0.3 is 18.1 Å². The van der Waals surface area contributed by atoms with Gasteiger partial charge in [0.1, 0.15) is 6.04 Å². The highest BCUT2D eigenvalue weighted by molar-refractivity contribution is 5.75. The van der Waals surface area contributed by atoms with E-state index in [1.807, 2.05) is 19.1 Å². The van der Waals surface area contributed by atoms with Gasteiger partial charge in [-0.25, -0.2) is 4.79 Å². The second kappa shape index (κ2) is 10.9. The van der Waals surface area contributed by atoms with E-state index in [4.69, 9.17) is 9.90 Å². The van der Waals surface area contributed by atoms with Gasteiger partial charge in [-0.05, 0) is 31.6 Å². The van der Waals surface area contributed by atoms with E-state index in [0.29, 0.717) is 12.3 Å². The highest BCUT2D eigenvalue weighted by atomic mass is 19.4. The number of hydrogen-bond acceptors (Lipinski definition) is 4. The fourth-order valence-electron chi connectivity index (χ4n) is 2.94. The molecule has 0 aromatic rings. The predicted octanol–water partition coefficient (Wildman–Crippen LogP) is 2.18. The molecule has 10 heteroatoms. The van der Waals surface area contributed by atoms with Crippen LogP contribution in [-0.4, -0.2) is 52.4 Å². The molecule has 1 amide bonds. The van der Waals surface area contributed by atoms with E-state index in [-0.39, 0.29) is 23.9 Å². The molecule has 1 rings (SSSR count). The summed E-state index contributed by atoms with van der Waals surface area (Å²) in [6.45, 7) is 7.63. The van der Waals surface area contributed by atoms with Crippen LogP contribution < -0.4 is 10.6 Å². The SMILES string of the molecule is C/C=C\C1C[C@H](C(=O)O)N[C@H]1[C@H](CC(C)C)NC(C)=O.O=C(O)C(F)(F)F. The average Bonchev–Trinajstić information content (AvgIpc) is 2.90. The van der Waals surface area contributed by atoms with Gasteiger partial charge in [-0.1, -0.05) is 26.0 Å². The Morgan fingerprint density at radius 2 is 1.78 bits per heavy atom. The van der Waals surface area contributed by atoms with Gasteiger partial charge in [-0.15, -0.1) is 0 Å². The topological polar surface area (TPSA) is 116 Å². The fourth-order valence-corrected chi connectivity index (χ4v) is 2.94. The van der Waals surface area contributed by atoms with Crippen molar-refractivity contribution in [3.63, 3.8) is 0 Å². The van der Waals surface area contributed by atoms with Crippen LogP contribution in [0.5, 0.6) is 0 Å². The minimum absolute atomic E-state index is 0.0291. The molecule has 1 unspecified atom stereocenters. The minimum Gasteiger partial charge on any atom is -0.480 e. The first kappa shape index (κ1) is 24.9. The molecular formula is C17H27F3N2O5. The maximum Gasteiger partial charge on any atom is 0.490 e. The number of aliphatic carboxylic acids is 2. The Morgan fingerprint density at radius 1 is 1.26 bits per heavy atom. The largest absolute Gasteiger partial charge is 0.490 e. The number of nitrogens with one attached hydrogen (secondary N) is 2. The van der Waals surface area contributed by atoms with Crippen molar-refractivity contribution in [3.05, 3.63) is 12.2 Å². The highest BCUT2D eigenvalue weighted by Gasteiger charge is 2.40. The monoisotopic (exact) mass is 396 g/mol. The Balaban J connectivity index is 0.000000821. The lowest BCUT2D eigenvalue weighted by molar-refractivity contribution is -0.192. The summed E-state index contributed by atoms with van der Waals surface area (Å²) in [6.07, 6.45) is 0.301. The van der Waals surface area contributed by atoms with Crippen LogP contribution in [0.2, 0.25) is 0 Å². The summed E-state index contributed by atoms with van der Waals surface area (Å²) in [7, 11) is 0. The highest BCUT2D eigenvalue weighted by Crippen LogP contribution is 2.27. The summed E-state index contributed by atoms with van der Waals surface area (Å²) < 4.78 is 31.7. The number of carboxylic acid groups (broad SMARTS) is 2. The molecular weight excluding hydrogens is 369 g/mol. The van der Waals surface area contributed by atoms with Crippen molar-refractivity contribution in [1.29, 1.82) is 0 Å². The smallest absolute Gasteiger partial charge is 0.480 e. The number of rotatable bonds is 6. The molecule has 1 fully saturated rings. The van der Waals surface area contributed by atoms with E-state index in [0.717, 1.165) is 6.42 Å². The first-order chi connectivity index (χ1) is 12.3. The summed E-state index contributed by atoms with van der Waals surface area (Å²) in [4.78, 5) is 31.5. The molecule has 0 saturated carbocycles. The van der Waals surface area contributed by atoms with Crippen molar-refractivity contribution < 1.29 is 37.8 Å². The van der Waals surface area contributed by atoms with Gasteiger partial charge in [0.15, 0.2) is 0 Å². The van der Waals surface area contributed by atoms with Gasteiger partial charge in [-0.3, -0.25) is 14.9 Å². The normalized spacial score (nSPS) is 23.6. The van der Waals surface area contributed by atoms with E-state index >= 15 is 0 Å². The molecule has 0 aromatic carbocycles. The Labute approximate surface area is 156 Å². The second-order valence-corrected chi connectivity index (χ2v) is 6.75. The van der Waals surface area contributed by atoms with Crippen molar-refractivity contribution in [2.75, 3.05) is 0 Å². The van der Waals surface area contributed by atoms with Crippen LogP contribution in [0, 0.1) is 11.8 Å². The van der Waals surface area contributed by atoms with Gasteiger partial charge in [0, 0.05) is 19.0 Å². The van der Waals surface area contributed by atoms with Gasteiger partial charge in [0.05, 0.1) is 0 Å². The van der Waals surface area contributed by atoms with Crippen molar-refractivity contribution in [1.82, 2.24) is 10.6 Å². The summed E-state index contributed by atoms with van der Waals surface area (Å²) in [6, 6.07) is -0.610. The summed E-state index contributed by atoms with van der Waals surface area (Å²) in [5.41, 5.74) is 0. The fraction of sp³-hybridized carbons (Fsp3) is 0.706. The quantitative estimate of drug-likeness (QED) is 0.512. The first-order valence-corrected chi connectivity index (χ1v) is 8.48. The number of hydrogen-bond donors (Lipinski definition) is 4. The molecule has 0 aromatic heterocycles. The third kappa shape index (κ3) is 9.41. The summed E-state index contributed by atoms with van der Waals surface area (Å²) in [5.74, 6) is -3.09. The van der Waals surface area contributed by atoms with Crippen LogP contribution >= 0.6 is 0 Å². The first-order valence-electron chi connectivity index (χ1n) is 8.48. The van der Waals surface area contributed by atoms with Crippen molar-refractivity contribution in [2.24, 2.45) is 11.8 Å². The molecule has 0 aliphatic carbocycles. The third-order valence-corrected chi connectivity index (χ3v) is 3.89. The number of amides is 1. The van der Waals surface area contributed by atoms with Crippen LogP contribution in [0.15, 0.2) is 12.2 Å². The molecule has 4 N–H and O–H groups in total. The standard InChI is InChI=1S/C15H26N2O3.C2HF3O2/c1-5-6-11-8-13(15(19)20)17-14(11)12(7-9(2)3)16-10(4)18;3-2(4,5)1(6)7/h5-6,9,11-14,17H,7-8H2,1-4H3,(H,16,18)(H,19,20);(H,6,7)/b6-5-;/t11?,12-,13+,14+;/m0./s1. The molecule has 0 spiro atoms. The van der Waals surface area contributed by atoms with E-state index in [9.17, 15) is 27.9 Å². The molecule has 1 saturated heterocycles. The Bertz CT molecular complexity index is 549. The van der Waals surface area contributed by atoms with Gasteiger partial charge in [0.2, 0.25) is 5.91 Å². The summed E-state index contributed by atoms with van der Waals surface area (Å²) >= 11 is 0. The molecule has 1 aliphatic heterocycles. The zero-order valence-electron chi connectivity index (χ0n) is 15.7. The van der Waals surface area contributed by atoms with Crippen LogP contribution in [0.1, 0.15) is 40.5 Å². The number of halogens is 3. The molecule has 1 aliphatic rings. The van der Waals surface area contributed by atoms with Gasteiger partial charge in [0.25, 0.3) is 0 Å². The maximum atomic E-state index is 11.4. The van der Waals surface area contributed by atoms with Crippen LogP contribution in [0.4, 0.5) is 13.2 Å². The molecule has 1 heterocycles. The zero-order chi connectivity index (χ0) is 21.4. The molecule has 0 bridgehead atoms.